The lowest BCUT2D eigenvalue weighted by molar-refractivity contribution is 0.0126. The molecule has 0 saturated heterocycles. The molecular formula is C11H13F2N. The van der Waals surface area contributed by atoms with Crippen molar-refractivity contribution in [1.82, 2.24) is 4.98 Å². The molecule has 1 aromatic heterocycles. The van der Waals surface area contributed by atoms with Gasteiger partial charge >= 0.3 is 0 Å². The molecule has 0 atom stereocenters. The minimum atomic E-state index is -2.88. The molecule has 0 N–H and O–H groups in total. The zero-order valence-electron chi connectivity index (χ0n) is 8.56. The SMILES string of the molecule is C=C(C)c1ccc(C(C)(F)F)nc1C. The van der Waals surface area contributed by atoms with Crippen molar-refractivity contribution in [2.24, 2.45) is 0 Å². The first-order chi connectivity index (χ1) is 6.32. The van der Waals surface area contributed by atoms with E-state index in [4.69, 9.17) is 0 Å². The van der Waals surface area contributed by atoms with E-state index in [2.05, 4.69) is 11.6 Å². The largest absolute Gasteiger partial charge is 0.286 e. The van der Waals surface area contributed by atoms with Crippen LogP contribution in [0.2, 0.25) is 0 Å². The number of rotatable bonds is 2. The molecule has 76 valence electrons. The Kier molecular flexibility index (Phi) is 2.69. The summed E-state index contributed by atoms with van der Waals surface area (Å²) in [7, 11) is 0. The standard InChI is InChI=1S/C11H13F2N/c1-7(2)9-5-6-10(11(4,12)13)14-8(9)3/h5-6H,1H2,2-4H3. The van der Waals surface area contributed by atoms with E-state index in [9.17, 15) is 8.78 Å². The van der Waals surface area contributed by atoms with Crippen LogP contribution in [-0.2, 0) is 5.92 Å². The molecule has 0 fully saturated rings. The molecule has 1 rings (SSSR count). The maximum absolute atomic E-state index is 12.9. The highest BCUT2D eigenvalue weighted by Gasteiger charge is 2.26. The molecule has 1 nitrogen and oxygen atoms in total. The van der Waals surface area contributed by atoms with Gasteiger partial charge in [0, 0.05) is 12.6 Å². The van der Waals surface area contributed by atoms with Crippen molar-refractivity contribution < 1.29 is 8.78 Å². The van der Waals surface area contributed by atoms with Gasteiger partial charge in [-0.25, -0.2) is 0 Å². The summed E-state index contributed by atoms with van der Waals surface area (Å²) in [5.41, 5.74) is 2.07. The number of alkyl halides is 2. The lowest BCUT2D eigenvalue weighted by atomic mass is 10.1. The van der Waals surface area contributed by atoms with E-state index >= 15 is 0 Å². The van der Waals surface area contributed by atoms with E-state index in [0.717, 1.165) is 18.1 Å². The van der Waals surface area contributed by atoms with Gasteiger partial charge < -0.3 is 0 Å². The topological polar surface area (TPSA) is 12.9 Å². The van der Waals surface area contributed by atoms with Crippen molar-refractivity contribution >= 4 is 5.57 Å². The van der Waals surface area contributed by atoms with Crippen LogP contribution in [0.15, 0.2) is 18.7 Å². The van der Waals surface area contributed by atoms with Crippen LogP contribution in [0, 0.1) is 6.92 Å². The van der Waals surface area contributed by atoms with Crippen LogP contribution in [0.4, 0.5) is 8.78 Å². The fourth-order valence-corrected chi connectivity index (χ4v) is 1.26. The Labute approximate surface area is 82.5 Å². The van der Waals surface area contributed by atoms with E-state index in [-0.39, 0.29) is 5.69 Å². The molecule has 1 heterocycles. The monoisotopic (exact) mass is 197 g/mol. The summed E-state index contributed by atoms with van der Waals surface area (Å²) in [5.74, 6) is -2.88. The summed E-state index contributed by atoms with van der Waals surface area (Å²) in [4.78, 5) is 3.85. The van der Waals surface area contributed by atoms with Gasteiger partial charge in [-0.3, -0.25) is 4.98 Å². The van der Waals surface area contributed by atoms with Crippen LogP contribution in [-0.4, -0.2) is 4.98 Å². The van der Waals surface area contributed by atoms with Gasteiger partial charge in [-0.1, -0.05) is 12.6 Å². The maximum atomic E-state index is 12.9. The third-order valence-corrected chi connectivity index (χ3v) is 2.00. The first kappa shape index (κ1) is 10.8. The van der Waals surface area contributed by atoms with E-state index in [1.807, 2.05) is 6.92 Å². The van der Waals surface area contributed by atoms with Crippen LogP contribution in [0.1, 0.15) is 30.8 Å². The molecule has 3 heteroatoms. The van der Waals surface area contributed by atoms with E-state index in [0.29, 0.717) is 5.69 Å². The highest BCUT2D eigenvalue weighted by atomic mass is 19.3. The van der Waals surface area contributed by atoms with Crippen molar-refractivity contribution in [3.8, 4) is 0 Å². The van der Waals surface area contributed by atoms with Gasteiger partial charge in [0.25, 0.3) is 5.92 Å². The zero-order valence-corrected chi connectivity index (χ0v) is 8.56. The molecular weight excluding hydrogens is 184 g/mol. The average molecular weight is 197 g/mol. The molecule has 0 aromatic carbocycles. The summed E-state index contributed by atoms with van der Waals surface area (Å²) in [6.07, 6.45) is 0. The van der Waals surface area contributed by atoms with Crippen LogP contribution < -0.4 is 0 Å². The smallest absolute Gasteiger partial charge is 0.251 e. The lowest BCUT2D eigenvalue weighted by Gasteiger charge is -2.12. The van der Waals surface area contributed by atoms with Gasteiger partial charge in [-0.15, -0.1) is 0 Å². The summed E-state index contributed by atoms with van der Waals surface area (Å²) >= 11 is 0. The molecule has 0 aliphatic rings. The van der Waals surface area contributed by atoms with E-state index in [1.54, 1.807) is 13.0 Å². The van der Waals surface area contributed by atoms with Gasteiger partial charge in [-0.2, -0.15) is 8.78 Å². The number of allylic oxidation sites excluding steroid dienone is 1. The van der Waals surface area contributed by atoms with Crippen molar-refractivity contribution in [2.75, 3.05) is 0 Å². The molecule has 1 aromatic rings. The Morgan fingerprint density at radius 1 is 1.43 bits per heavy atom. The maximum Gasteiger partial charge on any atom is 0.286 e. The van der Waals surface area contributed by atoms with E-state index in [1.165, 1.54) is 6.07 Å². The predicted molar refractivity (Wildman–Crippen MR) is 53.3 cm³/mol. The molecule has 0 spiro atoms. The predicted octanol–water partition coefficient (Wildman–Crippen LogP) is 3.53. The number of hydrogen-bond donors (Lipinski definition) is 0. The number of aromatic nitrogens is 1. The summed E-state index contributed by atoms with van der Waals surface area (Å²) in [6.45, 7) is 8.13. The molecule has 0 aliphatic heterocycles. The number of aryl methyl sites for hydroxylation is 1. The Balaban J connectivity index is 3.20. The number of pyridine rings is 1. The average Bonchev–Trinajstić information content (AvgIpc) is 2.01. The third-order valence-electron chi connectivity index (χ3n) is 2.00. The van der Waals surface area contributed by atoms with Crippen molar-refractivity contribution in [2.45, 2.75) is 26.7 Å². The second-order valence-corrected chi connectivity index (χ2v) is 3.50. The van der Waals surface area contributed by atoms with E-state index < -0.39 is 5.92 Å². The number of hydrogen-bond acceptors (Lipinski definition) is 1. The van der Waals surface area contributed by atoms with Crippen LogP contribution in [0.25, 0.3) is 5.57 Å². The fraction of sp³-hybridized carbons (Fsp3) is 0.364. The Bertz CT molecular complexity index is 364. The van der Waals surface area contributed by atoms with Crippen molar-refractivity contribution in [3.63, 3.8) is 0 Å². The van der Waals surface area contributed by atoms with Crippen molar-refractivity contribution in [1.29, 1.82) is 0 Å². The van der Waals surface area contributed by atoms with Gasteiger partial charge in [-0.05, 0) is 31.1 Å². The second-order valence-electron chi connectivity index (χ2n) is 3.50. The zero-order chi connectivity index (χ0) is 10.9. The minimum Gasteiger partial charge on any atom is -0.251 e. The first-order valence-electron chi connectivity index (χ1n) is 4.34. The minimum absolute atomic E-state index is 0.194. The molecule has 0 amide bonds. The first-order valence-corrected chi connectivity index (χ1v) is 4.34. The van der Waals surface area contributed by atoms with Crippen LogP contribution in [0.3, 0.4) is 0 Å². The number of halogens is 2. The summed E-state index contributed by atoms with van der Waals surface area (Å²) in [6, 6.07) is 2.98. The molecule has 14 heavy (non-hydrogen) atoms. The Morgan fingerprint density at radius 3 is 2.36 bits per heavy atom. The number of nitrogens with zero attached hydrogens (tertiary/aromatic N) is 1. The second kappa shape index (κ2) is 3.48. The third kappa shape index (κ3) is 2.16. The highest BCUT2D eigenvalue weighted by molar-refractivity contribution is 5.63. The quantitative estimate of drug-likeness (QED) is 0.706. The lowest BCUT2D eigenvalue weighted by Crippen LogP contribution is -2.10. The normalized spacial score (nSPS) is 11.5. The van der Waals surface area contributed by atoms with Gasteiger partial charge in [0.2, 0.25) is 0 Å². The van der Waals surface area contributed by atoms with Crippen molar-refractivity contribution in [3.05, 3.63) is 35.7 Å². The highest BCUT2D eigenvalue weighted by Crippen LogP contribution is 2.27. The molecule has 0 saturated carbocycles. The van der Waals surface area contributed by atoms with Crippen LogP contribution >= 0.6 is 0 Å². The molecule has 0 unspecified atom stereocenters. The molecule has 0 radical (unpaired) electrons. The molecule has 0 aliphatic carbocycles. The van der Waals surface area contributed by atoms with Gasteiger partial charge in [0.15, 0.2) is 0 Å². The summed E-state index contributed by atoms with van der Waals surface area (Å²) in [5, 5.41) is 0. The fourth-order valence-electron chi connectivity index (χ4n) is 1.26. The molecule has 0 bridgehead atoms. The van der Waals surface area contributed by atoms with Gasteiger partial charge in [0.1, 0.15) is 5.69 Å². The Hall–Kier alpha value is -1.25. The van der Waals surface area contributed by atoms with Gasteiger partial charge in [0.05, 0.1) is 0 Å². The van der Waals surface area contributed by atoms with Crippen LogP contribution in [0.5, 0.6) is 0 Å². The summed E-state index contributed by atoms with van der Waals surface area (Å²) < 4.78 is 25.8. The Morgan fingerprint density at radius 2 is 2.00 bits per heavy atom.